The van der Waals surface area contributed by atoms with Crippen molar-refractivity contribution in [3.05, 3.63) is 30.3 Å². The number of halogens is 1. The molecular weight excluding hydrogens is 401 g/mol. The number of aryl methyl sites for hydroxylation is 1. The fraction of sp³-hybridized carbons (Fsp3) is 0.429. The minimum Gasteiger partial charge on any atom is -0.348 e. The van der Waals surface area contributed by atoms with E-state index < -0.39 is 0 Å². The lowest BCUT2D eigenvalue weighted by atomic mass is 9.99. The molecule has 1 aromatic carbocycles. The van der Waals surface area contributed by atoms with Gasteiger partial charge in [-0.1, -0.05) is 11.3 Å². The van der Waals surface area contributed by atoms with Crippen LogP contribution in [0.2, 0.25) is 0 Å². The molecule has 154 valence electrons. The number of thiazole rings is 1. The van der Waals surface area contributed by atoms with Crippen LogP contribution in [0.5, 0.6) is 0 Å². The van der Waals surface area contributed by atoms with Gasteiger partial charge in [0, 0.05) is 49.4 Å². The third-order valence-corrected chi connectivity index (χ3v) is 7.43. The van der Waals surface area contributed by atoms with Gasteiger partial charge in [-0.2, -0.15) is 5.10 Å². The molecule has 1 N–H and O–H groups in total. The van der Waals surface area contributed by atoms with Gasteiger partial charge in [-0.15, -0.1) is 0 Å². The van der Waals surface area contributed by atoms with Crippen LogP contribution in [0.3, 0.4) is 0 Å². The van der Waals surface area contributed by atoms with Crippen LogP contribution in [0, 0.1) is 5.82 Å². The number of fused-ring (bicyclic) bond motifs is 4. The van der Waals surface area contributed by atoms with Gasteiger partial charge in [0.2, 0.25) is 0 Å². The van der Waals surface area contributed by atoms with E-state index in [-0.39, 0.29) is 5.82 Å². The Labute approximate surface area is 177 Å². The van der Waals surface area contributed by atoms with Gasteiger partial charge in [-0.25, -0.2) is 19.3 Å². The quantitative estimate of drug-likeness (QED) is 0.544. The number of aromatic nitrogens is 5. The average molecular weight is 424 g/mol. The van der Waals surface area contributed by atoms with Crippen LogP contribution in [-0.4, -0.2) is 49.9 Å². The van der Waals surface area contributed by atoms with E-state index in [1.807, 2.05) is 6.07 Å². The summed E-state index contributed by atoms with van der Waals surface area (Å²) in [5.41, 5.74) is 1.79. The SMILES string of the molecule is CN(c1nc2cnc(-c3cc(F)c4nn(C)cc4c3)nc2s1)[C@@H]1C[C@H]2CC[C@@H](C1)N2. The zero-order valence-corrected chi connectivity index (χ0v) is 17.7. The van der Waals surface area contributed by atoms with Gasteiger partial charge in [0.1, 0.15) is 15.9 Å². The molecule has 9 heteroatoms. The highest BCUT2D eigenvalue weighted by atomic mass is 32.1. The topological polar surface area (TPSA) is 71.8 Å². The summed E-state index contributed by atoms with van der Waals surface area (Å²) in [5, 5.41) is 9.56. The number of nitrogens with one attached hydrogen (secondary N) is 1. The number of hydrogen-bond acceptors (Lipinski definition) is 7. The molecule has 3 aromatic heterocycles. The molecule has 3 atom stereocenters. The molecule has 2 bridgehead atoms. The summed E-state index contributed by atoms with van der Waals surface area (Å²) in [5.74, 6) is 0.141. The average Bonchev–Trinajstić information content (AvgIpc) is 3.42. The van der Waals surface area contributed by atoms with Crippen LogP contribution in [0.1, 0.15) is 25.7 Å². The number of hydrogen-bond donors (Lipinski definition) is 1. The lowest BCUT2D eigenvalue weighted by Gasteiger charge is -2.35. The molecule has 2 aliphatic rings. The fourth-order valence-corrected chi connectivity index (χ4v) is 5.80. The summed E-state index contributed by atoms with van der Waals surface area (Å²) < 4.78 is 16.1. The zero-order valence-electron chi connectivity index (χ0n) is 16.8. The second kappa shape index (κ2) is 6.68. The van der Waals surface area contributed by atoms with Gasteiger partial charge in [0.15, 0.2) is 16.8 Å². The number of piperidine rings is 1. The van der Waals surface area contributed by atoms with Gasteiger partial charge in [-0.3, -0.25) is 4.68 Å². The molecule has 2 aliphatic heterocycles. The van der Waals surface area contributed by atoms with Crippen molar-refractivity contribution in [3.63, 3.8) is 0 Å². The van der Waals surface area contributed by atoms with Crippen molar-refractivity contribution in [3.8, 4) is 11.4 Å². The highest BCUT2D eigenvalue weighted by Crippen LogP contribution is 2.35. The summed E-state index contributed by atoms with van der Waals surface area (Å²) in [7, 11) is 3.91. The molecular formula is C21H22FN7S. The van der Waals surface area contributed by atoms with E-state index >= 15 is 0 Å². The summed E-state index contributed by atoms with van der Waals surface area (Å²) in [6.07, 6.45) is 8.41. The number of rotatable bonds is 3. The molecule has 5 heterocycles. The van der Waals surface area contributed by atoms with Crippen LogP contribution in [0.25, 0.3) is 32.6 Å². The minimum atomic E-state index is -0.364. The van der Waals surface area contributed by atoms with Crippen molar-refractivity contribution in [2.24, 2.45) is 7.05 Å². The molecule has 0 unspecified atom stereocenters. The number of anilines is 1. The van der Waals surface area contributed by atoms with Crippen molar-refractivity contribution in [1.82, 2.24) is 30.0 Å². The summed E-state index contributed by atoms with van der Waals surface area (Å²) in [4.78, 5) is 17.1. The van der Waals surface area contributed by atoms with Crippen molar-refractivity contribution in [2.45, 2.75) is 43.8 Å². The zero-order chi connectivity index (χ0) is 20.4. The van der Waals surface area contributed by atoms with Gasteiger partial charge in [-0.05, 0) is 37.8 Å². The molecule has 2 fully saturated rings. The van der Waals surface area contributed by atoms with Gasteiger partial charge < -0.3 is 10.2 Å². The predicted molar refractivity (Wildman–Crippen MR) is 116 cm³/mol. The molecule has 30 heavy (non-hydrogen) atoms. The maximum atomic E-state index is 14.5. The lowest BCUT2D eigenvalue weighted by Crippen LogP contribution is -2.47. The van der Waals surface area contributed by atoms with Gasteiger partial charge in [0.25, 0.3) is 0 Å². The number of nitrogens with zero attached hydrogens (tertiary/aromatic N) is 6. The van der Waals surface area contributed by atoms with Crippen LogP contribution < -0.4 is 10.2 Å². The lowest BCUT2D eigenvalue weighted by molar-refractivity contribution is 0.354. The van der Waals surface area contributed by atoms with E-state index in [1.165, 1.54) is 18.9 Å². The Morgan fingerprint density at radius 3 is 2.80 bits per heavy atom. The molecule has 0 aliphatic carbocycles. The molecule has 0 spiro atoms. The standard InChI is InChI=1S/C21H22FN7S/c1-28-10-12-5-11(6-16(22)18(12)27-28)19-23-9-17-20(26-19)30-21(25-17)29(2)15-7-13-3-4-14(8-15)24-13/h5-6,9-10,13-15,24H,3-4,7-8H2,1-2H3/t13-,14+,15-. The van der Waals surface area contributed by atoms with E-state index in [4.69, 9.17) is 9.97 Å². The third-order valence-electron chi connectivity index (χ3n) is 6.37. The Morgan fingerprint density at radius 1 is 1.20 bits per heavy atom. The first-order chi connectivity index (χ1) is 14.5. The Kier molecular flexibility index (Phi) is 4.04. The molecule has 0 radical (unpaired) electrons. The van der Waals surface area contributed by atoms with Crippen molar-refractivity contribution < 1.29 is 4.39 Å². The second-order valence-corrected chi connectivity index (χ2v) is 9.41. The predicted octanol–water partition coefficient (Wildman–Crippen LogP) is 3.50. The van der Waals surface area contributed by atoms with E-state index in [2.05, 4.69) is 27.3 Å². The first-order valence-corrected chi connectivity index (χ1v) is 11.1. The molecule has 7 nitrogen and oxygen atoms in total. The second-order valence-electron chi connectivity index (χ2n) is 8.45. The van der Waals surface area contributed by atoms with Crippen LogP contribution >= 0.6 is 11.3 Å². The van der Waals surface area contributed by atoms with Crippen LogP contribution in [0.15, 0.2) is 24.5 Å². The highest BCUT2D eigenvalue weighted by Gasteiger charge is 2.35. The minimum absolute atomic E-state index is 0.361. The number of benzene rings is 1. The third kappa shape index (κ3) is 2.95. The Morgan fingerprint density at radius 2 is 2.00 bits per heavy atom. The van der Waals surface area contributed by atoms with Gasteiger partial charge >= 0.3 is 0 Å². The van der Waals surface area contributed by atoms with E-state index in [9.17, 15) is 4.39 Å². The highest BCUT2D eigenvalue weighted by molar-refractivity contribution is 7.21. The van der Waals surface area contributed by atoms with E-state index in [1.54, 1.807) is 35.5 Å². The Hall–Kier alpha value is -2.65. The first-order valence-electron chi connectivity index (χ1n) is 10.3. The van der Waals surface area contributed by atoms with E-state index in [0.29, 0.717) is 35.0 Å². The molecule has 6 rings (SSSR count). The largest absolute Gasteiger partial charge is 0.348 e. The van der Waals surface area contributed by atoms with Crippen molar-refractivity contribution in [1.29, 1.82) is 0 Å². The van der Waals surface area contributed by atoms with E-state index in [0.717, 1.165) is 33.7 Å². The molecule has 4 aromatic rings. The summed E-state index contributed by atoms with van der Waals surface area (Å²) in [6, 6.07) is 5.10. The van der Waals surface area contributed by atoms with Crippen molar-refractivity contribution >= 4 is 37.7 Å². The molecule has 0 saturated carbocycles. The van der Waals surface area contributed by atoms with Crippen LogP contribution in [-0.2, 0) is 7.05 Å². The summed E-state index contributed by atoms with van der Waals surface area (Å²) >= 11 is 1.58. The maximum Gasteiger partial charge on any atom is 0.187 e. The monoisotopic (exact) mass is 423 g/mol. The first kappa shape index (κ1) is 18.1. The van der Waals surface area contributed by atoms with Crippen molar-refractivity contribution in [2.75, 3.05) is 11.9 Å². The molecule has 2 saturated heterocycles. The Balaban J connectivity index is 1.33. The summed E-state index contributed by atoms with van der Waals surface area (Å²) in [6.45, 7) is 0. The smallest absolute Gasteiger partial charge is 0.187 e. The Bertz CT molecular complexity index is 1250. The van der Waals surface area contributed by atoms with Gasteiger partial charge in [0.05, 0.1) is 6.20 Å². The molecule has 0 amide bonds. The normalized spacial score (nSPS) is 23.5. The fourth-order valence-electron chi connectivity index (χ4n) is 4.85. The van der Waals surface area contributed by atoms with Crippen LogP contribution in [0.4, 0.5) is 9.52 Å². The maximum absolute atomic E-state index is 14.5.